The molecule has 12 heavy (non-hydrogen) atoms. The highest BCUT2D eigenvalue weighted by atomic mass is 16.6. The molecule has 0 bridgehead atoms. The van der Waals surface area contributed by atoms with Crippen LogP contribution in [0.1, 0.15) is 20.8 Å². The molecule has 0 N–H and O–H groups in total. The summed E-state index contributed by atoms with van der Waals surface area (Å²) >= 11 is 0. The molecule has 0 aromatic heterocycles. The molecule has 0 saturated carbocycles. The van der Waals surface area contributed by atoms with Gasteiger partial charge in [-0.05, 0) is 20.8 Å². The van der Waals surface area contributed by atoms with Crippen LogP contribution in [0.5, 0.6) is 0 Å². The zero-order chi connectivity index (χ0) is 9.78. The van der Waals surface area contributed by atoms with Gasteiger partial charge in [0.05, 0.1) is 7.11 Å². The standard InChI is InChI=1S/C8H17NO3/c1-8(2,3)9(6-11-4)7(10)12-5/h6H2,1-5H3. The molecule has 0 saturated heterocycles. The lowest BCUT2D eigenvalue weighted by Gasteiger charge is -2.33. The van der Waals surface area contributed by atoms with Crippen LogP contribution >= 0.6 is 0 Å². The van der Waals surface area contributed by atoms with Gasteiger partial charge in [-0.3, -0.25) is 4.90 Å². The van der Waals surface area contributed by atoms with Crippen LogP contribution in [-0.2, 0) is 9.47 Å². The van der Waals surface area contributed by atoms with Crippen molar-refractivity contribution < 1.29 is 14.3 Å². The molecule has 0 aliphatic rings. The Hall–Kier alpha value is -0.770. The fourth-order valence-corrected chi connectivity index (χ4v) is 0.760. The molecule has 0 rings (SSSR count). The van der Waals surface area contributed by atoms with E-state index in [1.54, 1.807) is 7.11 Å². The first-order chi connectivity index (χ1) is 5.43. The number of rotatable bonds is 2. The number of carbonyl (C=O) groups is 1. The minimum atomic E-state index is -0.371. The molecule has 4 nitrogen and oxygen atoms in total. The number of nitrogens with zero attached hydrogens (tertiary/aromatic N) is 1. The first-order valence-corrected chi connectivity index (χ1v) is 3.78. The Balaban J connectivity index is 4.33. The van der Waals surface area contributed by atoms with Crippen molar-refractivity contribution in [2.24, 2.45) is 0 Å². The average Bonchev–Trinajstić information content (AvgIpc) is 1.96. The van der Waals surface area contributed by atoms with Crippen LogP contribution in [0.3, 0.4) is 0 Å². The highest BCUT2D eigenvalue weighted by Crippen LogP contribution is 2.13. The molecule has 0 spiro atoms. The lowest BCUT2D eigenvalue weighted by Crippen LogP contribution is -2.46. The van der Waals surface area contributed by atoms with Gasteiger partial charge in [-0.1, -0.05) is 0 Å². The number of hydrogen-bond donors (Lipinski definition) is 0. The van der Waals surface area contributed by atoms with Gasteiger partial charge in [0.2, 0.25) is 0 Å². The van der Waals surface area contributed by atoms with Gasteiger partial charge in [0, 0.05) is 12.6 Å². The molecule has 0 heterocycles. The minimum absolute atomic E-state index is 0.246. The van der Waals surface area contributed by atoms with E-state index in [4.69, 9.17) is 4.74 Å². The summed E-state index contributed by atoms with van der Waals surface area (Å²) in [6, 6.07) is 0. The van der Waals surface area contributed by atoms with Crippen LogP contribution in [0.25, 0.3) is 0 Å². The van der Waals surface area contributed by atoms with Crippen molar-refractivity contribution in [2.45, 2.75) is 26.3 Å². The Morgan fingerprint density at radius 1 is 1.33 bits per heavy atom. The number of amides is 1. The van der Waals surface area contributed by atoms with E-state index in [1.807, 2.05) is 20.8 Å². The van der Waals surface area contributed by atoms with E-state index in [-0.39, 0.29) is 18.4 Å². The summed E-state index contributed by atoms with van der Waals surface area (Å²) in [5, 5.41) is 0. The summed E-state index contributed by atoms with van der Waals surface area (Å²) < 4.78 is 9.48. The van der Waals surface area contributed by atoms with Gasteiger partial charge in [0.15, 0.2) is 0 Å². The van der Waals surface area contributed by atoms with Crippen molar-refractivity contribution in [1.82, 2.24) is 4.90 Å². The summed E-state index contributed by atoms with van der Waals surface area (Å²) in [7, 11) is 2.90. The zero-order valence-electron chi connectivity index (χ0n) is 8.38. The van der Waals surface area contributed by atoms with Gasteiger partial charge in [-0.25, -0.2) is 4.79 Å². The van der Waals surface area contributed by atoms with E-state index in [0.717, 1.165) is 0 Å². The normalized spacial score (nSPS) is 11.1. The van der Waals surface area contributed by atoms with Gasteiger partial charge < -0.3 is 9.47 Å². The summed E-state index contributed by atoms with van der Waals surface area (Å²) in [5.41, 5.74) is -0.275. The summed E-state index contributed by atoms with van der Waals surface area (Å²) in [4.78, 5) is 12.7. The largest absolute Gasteiger partial charge is 0.453 e. The second-order valence-electron chi connectivity index (χ2n) is 3.49. The number of carbonyl (C=O) groups excluding carboxylic acids is 1. The van der Waals surface area contributed by atoms with Crippen molar-refractivity contribution in [2.75, 3.05) is 21.0 Å². The van der Waals surface area contributed by atoms with Crippen LogP contribution in [0.15, 0.2) is 0 Å². The lowest BCUT2D eigenvalue weighted by molar-refractivity contribution is 0.00744. The number of ether oxygens (including phenoxy) is 2. The molecular formula is C8H17NO3. The SMILES string of the molecule is COCN(C(=O)OC)C(C)(C)C. The van der Waals surface area contributed by atoms with E-state index >= 15 is 0 Å². The molecule has 0 fully saturated rings. The lowest BCUT2D eigenvalue weighted by atomic mass is 10.1. The zero-order valence-corrected chi connectivity index (χ0v) is 8.38. The fourth-order valence-electron chi connectivity index (χ4n) is 0.760. The first kappa shape index (κ1) is 11.2. The van der Waals surface area contributed by atoms with E-state index in [2.05, 4.69) is 4.74 Å². The molecule has 4 heteroatoms. The van der Waals surface area contributed by atoms with Crippen molar-refractivity contribution in [3.63, 3.8) is 0 Å². The molecule has 0 unspecified atom stereocenters. The Morgan fingerprint density at radius 3 is 2.08 bits per heavy atom. The predicted octanol–water partition coefficient (Wildman–Crippen LogP) is 1.46. The molecule has 0 aliphatic carbocycles. The van der Waals surface area contributed by atoms with Crippen molar-refractivity contribution in [1.29, 1.82) is 0 Å². The average molecular weight is 175 g/mol. The quantitative estimate of drug-likeness (QED) is 0.596. The maximum absolute atomic E-state index is 11.2. The third-order valence-electron chi connectivity index (χ3n) is 1.46. The fraction of sp³-hybridized carbons (Fsp3) is 0.875. The number of hydrogen-bond acceptors (Lipinski definition) is 3. The molecule has 1 amide bonds. The second-order valence-corrected chi connectivity index (χ2v) is 3.49. The van der Waals surface area contributed by atoms with Crippen LogP contribution < -0.4 is 0 Å². The Labute approximate surface area is 73.4 Å². The highest BCUT2D eigenvalue weighted by molar-refractivity contribution is 5.68. The van der Waals surface area contributed by atoms with Crippen LogP contribution in [-0.4, -0.2) is 37.5 Å². The van der Waals surface area contributed by atoms with Crippen LogP contribution in [0.2, 0.25) is 0 Å². The summed E-state index contributed by atoms with van der Waals surface area (Å²) in [6.07, 6.45) is -0.371. The van der Waals surface area contributed by atoms with Crippen molar-refractivity contribution >= 4 is 6.09 Å². The van der Waals surface area contributed by atoms with Gasteiger partial charge in [0.25, 0.3) is 0 Å². The Bertz CT molecular complexity index is 151. The third-order valence-corrected chi connectivity index (χ3v) is 1.46. The number of methoxy groups -OCH3 is 2. The van der Waals surface area contributed by atoms with E-state index in [9.17, 15) is 4.79 Å². The molecule has 0 radical (unpaired) electrons. The van der Waals surface area contributed by atoms with Gasteiger partial charge >= 0.3 is 6.09 Å². The van der Waals surface area contributed by atoms with Crippen molar-refractivity contribution in [3.05, 3.63) is 0 Å². The second kappa shape index (κ2) is 4.30. The molecule has 72 valence electrons. The molecule has 0 aliphatic heterocycles. The monoisotopic (exact) mass is 175 g/mol. The molecular weight excluding hydrogens is 158 g/mol. The summed E-state index contributed by atoms with van der Waals surface area (Å²) in [5.74, 6) is 0. The molecule has 0 aromatic rings. The Kier molecular flexibility index (Phi) is 4.03. The van der Waals surface area contributed by atoms with Gasteiger partial charge in [-0.15, -0.1) is 0 Å². The molecule has 0 aromatic carbocycles. The van der Waals surface area contributed by atoms with Crippen molar-refractivity contribution in [3.8, 4) is 0 Å². The van der Waals surface area contributed by atoms with E-state index < -0.39 is 0 Å². The molecule has 0 atom stereocenters. The Morgan fingerprint density at radius 2 is 1.83 bits per heavy atom. The maximum atomic E-state index is 11.2. The smallest absolute Gasteiger partial charge is 0.411 e. The minimum Gasteiger partial charge on any atom is -0.453 e. The predicted molar refractivity (Wildman–Crippen MR) is 45.9 cm³/mol. The highest BCUT2D eigenvalue weighted by Gasteiger charge is 2.26. The van der Waals surface area contributed by atoms with Crippen LogP contribution in [0, 0.1) is 0 Å². The van der Waals surface area contributed by atoms with Gasteiger partial charge in [-0.2, -0.15) is 0 Å². The van der Waals surface area contributed by atoms with E-state index in [1.165, 1.54) is 12.0 Å². The van der Waals surface area contributed by atoms with Gasteiger partial charge in [0.1, 0.15) is 6.73 Å². The third kappa shape index (κ3) is 3.09. The van der Waals surface area contributed by atoms with Crippen LogP contribution in [0.4, 0.5) is 4.79 Å². The summed E-state index contributed by atoms with van der Waals surface area (Å²) in [6.45, 7) is 6.00. The topological polar surface area (TPSA) is 38.8 Å². The maximum Gasteiger partial charge on any atom is 0.411 e. The van der Waals surface area contributed by atoms with E-state index in [0.29, 0.717) is 0 Å². The first-order valence-electron chi connectivity index (χ1n) is 3.78.